The number of ether oxygens (including phenoxy) is 2. The van der Waals surface area contributed by atoms with E-state index in [1.165, 1.54) is 23.6 Å². The van der Waals surface area contributed by atoms with Gasteiger partial charge in [-0.1, -0.05) is 30.2 Å². The predicted octanol–water partition coefficient (Wildman–Crippen LogP) is 6.97. The van der Waals surface area contributed by atoms with E-state index < -0.39 is 11.9 Å². The first-order chi connectivity index (χ1) is 15.3. The maximum absolute atomic E-state index is 11.8. The average Bonchev–Trinajstić information content (AvgIpc) is 3.34. The van der Waals surface area contributed by atoms with Gasteiger partial charge in [0.25, 0.3) is 0 Å². The number of carbonyl (C=O) groups is 2. The van der Waals surface area contributed by atoms with Crippen molar-refractivity contribution in [3.63, 3.8) is 0 Å². The lowest BCUT2D eigenvalue weighted by molar-refractivity contribution is -0.137. The van der Waals surface area contributed by atoms with E-state index in [9.17, 15) is 9.59 Å². The Morgan fingerprint density at radius 1 is 1.12 bits per heavy atom. The third-order valence-electron chi connectivity index (χ3n) is 5.53. The maximum Gasteiger partial charge on any atom is 0.343 e. The van der Waals surface area contributed by atoms with Gasteiger partial charge in [0.05, 0.1) is 18.1 Å². The zero-order valence-corrected chi connectivity index (χ0v) is 20.0. The fraction of sp³-hybridized carbons (Fsp3) is 0.481. The standard InChI is InChI=1S/C27H36O5/c1-19(9-6-7-10-20(2)13-14-24-15-16-30-18-24)11-8-12-21(3)17-25-26(31-23(5)28)22(4)27(29)32-25/h10-11,15-18,21H,6-9,12-14H2,1-5H3. The number of furan rings is 1. The minimum atomic E-state index is -0.460. The molecular formula is C27H36O5. The van der Waals surface area contributed by atoms with Crippen molar-refractivity contribution < 1.29 is 23.5 Å². The first-order valence-corrected chi connectivity index (χ1v) is 11.4. The molecule has 0 radical (unpaired) electrons. The zero-order chi connectivity index (χ0) is 23.5. The Bertz CT molecular complexity index is 896. The Kier molecular flexibility index (Phi) is 10.3. The van der Waals surface area contributed by atoms with E-state index in [2.05, 4.69) is 32.9 Å². The van der Waals surface area contributed by atoms with Crippen LogP contribution in [0.1, 0.15) is 78.7 Å². The normalized spacial score (nSPS) is 17.2. The van der Waals surface area contributed by atoms with Crippen molar-refractivity contribution >= 4 is 11.9 Å². The smallest absolute Gasteiger partial charge is 0.343 e. The van der Waals surface area contributed by atoms with Crippen LogP contribution in [0.3, 0.4) is 0 Å². The van der Waals surface area contributed by atoms with Gasteiger partial charge in [-0.05, 0) is 89.3 Å². The zero-order valence-electron chi connectivity index (χ0n) is 20.0. The minimum Gasteiger partial charge on any atom is -0.472 e. The van der Waals surface area contributed by atoms with Gasteiger partial charge >= 0.3 is 11.9 Å². The third kappa shape index (κ3) is 8.74. The summed E-state index contributed by atoms with van der Waals surface area (Å²) in [6, 6.07) is 2.02. The van der Waals surface area contributed by atoms with Crippen molar-refractivity contribution in [2.75, 3.05) is 0 Å². The highest BCUT2D eigenvalue weighted by atomic mass is 16.6. The van der Waals surface area contributed by atoms with Gasteiger partial charge in [0.1, 0.15) is 0 Å². The lowest BCUT2D eigenvalue weighted by Crippen LogP contribution is -2.02. The molecule has 1 aromatic heterocycles. The molecule has 0 saturated carbocycles. The van der Waals surface area contributed by atoms with Crippen LogP contribution in [-0.2, 0) is 25.5 Å². The molecule has 0 saturated heterocycles. The van der Waals surface area contributed by atoms with Crippen molar-refractivity contribution in [2.45, 2.75) is 79.6 Å². The predicted molar refractivity (Wildman–Crippen MR) is 125 cm³/mol. The monoisotopic (exact) mass is 440 g/mol. The molecule has 1 atom stereocenters. The molecule has 174 valence electrons. The van der Waals surface area contributed by atoms with Gasteiger partial charge < -0.3 is 13.9 Å². The van der Waals surface area contributed by atoms with E-state index in [1.54, 1.807) is 13.2 Å². The summed E-state index contributed by atoms with van der Waals surface area (Å²) < 4.78 is 15.5. The van der Waals surface area contributed by atoms with Crippen LogP contribution in [0, 0.1) is 5.92 Å². The van der Waals surface area contributed by atoms with Crippen LogP contribution >= 0.6 is 0 Å². The van der Waals surface area contributed by atoms with E-state index in [4.69, 9.17) is 13.9 Å². The second kappa shape index (κ2) is 12.9. The fourth-order valence-corrected chi connectivity index (χ4v) is 3.52. The molecule has 0 amide bonds. The van der Waals surface area contributed by atoms with Crippen LogP contribution in [0.25, 0.3) is 0 Å². The van der Waals surface area contributed by atoms with Crippen LogP contribution in [0.5, 0.6) is 0 Å². The van der Waals surface area contributed by atoms with Crippen molar-refractivity contribution in [1.29, 1.82) is 0 Å². The second-order valence-corrected chi connectivity index (χ2v) is 8.65. The number of hydrogen-bond donors (Lipinski definition) is 0. The molecule has 0 fully saturated rings. The van der Waals surface area contributed by atoms with Gasteiger partial charge in [-0.15, -0.1) is 0 Å². The molecule has 0 aliphatic carbocycles. The third-order valence-corrected chi connectivity index (χ3v) is 5.53. The van der Waals surface area contributed by atoms with Crippen LogP contribution in [0.4, 0.5) is 0 Å². The summed E-state index contributed by atoms with van der Waals surface area (Å²) in [5, 5.41) is 0. The molecule has 2 rings (SSSR count). The molecule has 1 unspecified atom stereocenters. The van der Waals surface area contributed by atoms with Crippen LogP contribution in [0.15, 0.2) is 69.5 Å². The number of allylic oxidation sites excluding steroid dienone is 5. The number of hydrogen-bond acceptors (Lipinski definition) is 5. The summed E-state index contributed by atoms with van der Waals surface area (Å²) in [5.74, 6) is -0.127. The molecule has 5 heteroatoms. The number of carbonyl (C=O) groups excluding carboxylic acids is 2. The highest BCUT2D eigenvalue weighted by Crippen LogP contribution is 2.29. The topological polar surface area (TPSA) is 65.7 Å². The van der Waals surface area contributed by atoms with Crippen LogP contribution in [-0.4, -0.2) is 11.9 Å². The number of aryl methyl sites for hydroxylation is 1. The summed E-state index contributed by atoms with van der Waals surface area (Å²) in [6.07, 6.45) is 17.4. The maximum atomic E-state index is 11.8. The molecule has 0 bridgehead atoms. The Morgan fingerprint density at radius 2 is 1.84 bits per heavy atom. The molecule has 0 N–H and O–H groups in total. The van der Waals surface area contributed by atoms with Crippen molar-refractivity contribution in [2.24, 2.45) is 5.92 Å². The number of esters is 2. The number of unbranched alkanes of at least 4 members (excludes halogenated alkanes) is 1. The first-order valence-electron chi connectivity index (χ1n) is 11.4. The second-order valence-electron chi connectivity index (χ2n) is 8.65. The first kappa shape index (κ1) is 25.4. The average molecular weight is 441 g/mol. The van der Waals surface area contributed by atoms with E-state index in [0.29, 0.717) is 11.3 Å². The molecule has 1 aliphatic heterocycles. The van der Waals surface area contributed by atoms with Gasteiger partial charge in [0.15, 0.2) is 11.5 Å². The Labute approximate surface area is 191 Å². The SMILES string of the molecule is CC(=O)OC1=C(C)C(=O)OC1=CC(C)CCC=C(C)CCCC=C(C)CCc1ccoc1. The van der Waals surface area contributed by atoms with E-state index >= 15 is 0 Å². The molecule has 1 aliphatic rings. The largest absolute Gasteiger partial charge is 0.472 e. The lowest BCUT2D eigenvalue weighted by Gasteiger charge is -2.09. The molecule has 32 heavy (non-hydrogen) atoms. The molecular weight excluding hydrogens is 404 g/mol. The van der Waals surface area contributed by atoms with Gasteiger partial charge in [-0.3, -0.25) is 4.79 Å². The number of cyclic esters (lactones) is 1. The summed E-state index contributed by atoms with van der Waals surface area (Å²) in [4.78, 5) is 23.1. The van der Waals surface area contributed by atoms with Crippen molar-refractivity contribution in [3.05, 3.63) is 70.6 Å². The quantitative estimate of drug-likeness (QED) is 0.199. The molecule has 1 aromatic rings. The molecule has 2 heterocycles. The van der Waals surface area contributed by atoms with Gasteiger partial charge in [0, 0.05) is 6.92 Å². The summed E-state index contributed by atoms with van der Waals surface area (Å²) in [6.45, 7) is 9.37. The molecule has 0 aromatic carbocycles. The highest BCUT2D eigenvalue weighted by Gasteiger charge is 2.29. The Hall–Kier alpha value is -2.82. The minimum absolute atomic E-state index is 0.194. The molecule has 0 spiro atoms. The Morgan fingerprint density at radius 3 is 2.53 bits per heavy atom. The fourth-order valence-electron chi connectivity index (χ4n) is 3.52. The van der Waals surface area contributed by atoms with E-state index in [1.807, 2.05) is 18.4 Å². The highest BCUT2D eigenvalue weighted by molar-refractivity contribution is 5.94. The lowest BCUT2D eigenvalue weighted by atomic mass is 10.0. The van der Waals surface area contributed by atoms with Crippen LogP contribution in [0.2, 0.25) is 0 Å². The summed E-state index contributed by atoms with van der Waals surface area (Å²) in [5.41, 5.74) is 4.42. The Balaban J connectivity index is 1.70. The van der Waals surface area contributed by atoms with Crippen molar-refractivity contribution in [1.82, 2.24) is 0 Å². The molecule has 5 nitrogen and oxygen atoms in total. The van der Waals surface area contributed by atoms with Crippen molar-refractivity contribution in [3.8, 4) is 0 Å². The van der Waals surface area contributed by atoms with E-state index in [0.717, 1.165) is 44.9 Å². The summed E-state index contributed by atoms with van der Waals surface area (Å²) >= 11 is 0. The van der Waals surface area contributed by atoms with Gasteiger partial charge in [0.2, 0.25) is 0 Å². The van der Waals surface area contributed by atoms with Gasteiger partial charge in [-0.2, -0.15) is 0 Å². The van der Waals surface area contributed by atoms with E-state index in [-0.39, 0.29) is 11.7 Å². The van der Waals surface area contributed by atoms with Crippen LogP contribution < -0.4 is 0 Å². The summed E-state index contributed by atoms with van der Waals surface area (Å²) in [7, 11) is 0. The number of rotatable bonds is 12. The van der Waals surface area contributed by atoms with Gasteiger partial charge in [-0.25, -0.2) is 4.79 Å².